The molecule has 0 spiro atoms. The summed E-state index contributed by atoms with van der Waals surface area (Å²) in [6.07, 6.45) is -1.18. The van der Waals surface area contributed by atoms with Crippen LogP contribution in [0.3, 0.4) is 0 Å². The Bertz CT molecular complexity index is 192. The molecule has 0 aromatic rings. The second-order valence-electron chi connectivity index (χ2n) is 2.10. The van der Waals surface area contributed by atoms with E-state index in [0.29, 0.717) is 0 Å². The summed E-state index contributed by atoms with van der Waals surface area (Å²) >= 11 is 0. The molecule has 0 saturated heterocycles. The fourth-order valence-electron chi connectivity index (χ4n) is 0.493. The molecule has 0 rings (SSSR count). The maximum Gasteiger partial charge on any atom is 0.389 e. The van der Waals surface area contributed by atoms with Gasteiger partial charge in [0.15, 0.2) is 0 Å². The Morgan fingerprint density at radius 3 is 2.50 bits per heavy atom. The first-order valence-corrected chi connectivity index (χ1v) is 3.22. The third-order valence-electron chi connectivity index (χ3n) is 1.02. The summed E-state index contributed by atoms with van der Waals surface area (Å²) in [4.78, 5) is 10.5. The molecule has 5 heteroatoms. The number of halogens is 3. The first-order valence-electron chi connectivity index (χ1n) is 3.22. The minimum Gasteiger partial charge on any atom is -0.345 e. The molecule has 1 amide bonds. The standard InChI is InChI=1S/C7H8F3NO/c1-2-5-11-6(12)3-4-7(8,9)10/h1H,3-5H2,(H,11,12). The van der Waals surface area contributed by atoms with Gasteiger partial charge in [-0.05, 0) is 0 Å². The van der Waals surface area contributed by atoms with Crippen LogP contribution in [-0.4, -0.2) is 18.6 Å². The van der Waals surface area contributed by atoms with Gasteiger partial charge in [0.05, 0.1) is 13.0 Å². The minimum atomic E-state index is -4.28. The Hall–Kier alpha value is -1.18. The molecule has 0 radical (unpaired) electrons. The highest BCUT2D eigenvalue weighted by Crippen LogP contribution is 2.20. The Morgan fingerprint density at radius 1 is 1.50 bits per heavy atom. The second-order valence-corrected chi connectivity index (χ2v) is 2.10. The molecule has 0 heterocycles. The third-order valence-corrected chi connectivity index (χ3v) is 1.02. The maximum atomic E-state index is 11.5. The average Bonchev–Trinajstić information content (AvgIpc) is 1.95. The number of hydrogen-bond acceptors (Lipinski definition) is 1. The molecule has 0 unspecified atom stereocenters. The lowest BCUT2D eigenvalue weighted by molar-refractivity contribution is -0.144. The van der Waals surface area contributed by atoms with E-state index in [1.54, 1.807) is 0 Å². The van der Waals surface area contributed by atoms with E-state index in [1.165, 1.54) is 0 Å². The van der Waals surface area contributed by atoms with E-state index >= 15 is 0 Å². The van der Waals surface area contributed by atoms with Gasteiger partial charge in [-0.1, -0.05) is 5.92 Å². The summed E-state index contributed by atoms with van der Waals surface area (Å²) in [6, 6.07) is 0. The van der Waals surface area contributed by atoms with Crippen LogP contribution in [0.4, 0.5) is 13.2 Å². The first kappa shape index (κ1) is 10.8. The normalized spacial score (nSPS) is 10.5. The van der Waals surface area contributed by atoms with Crippen LogP contribution >= 0.6 is 0 Å². The van der Waals surface area contributed by atoms with Gasteiger partial charge in [-0.2, -0.15) is 13.2 Å². The fraction of sp³-hybridized carbons (Fsp3) is 0.571. The van der Waals surface area contributed by atoms with Gasteiger partial charge in [-0.15, -0.1) is 6.42 Å². The fourth-order valence-corrected chi connectivity index (χ4v) is 0.493. The number of nitrogens with one attached hydrogen (secondary N) is 1. The summed E-state index contributed by atoms with van der Waals surface area (Å²) in [5.41, 5.74) is 0. The van der Waals surface area contributed by atoms with E-state index in [9.17, 15) is 18.0 Å². The van der Waals surface area contributed by atoms with Gasteiger partial charge in [-0.3, -0.25) is 4.79 Å². The molecule has 0 aromatic carbocycles. The zero-order valence-corrected chi connectivity index (χ0v) is 6.24. The van der Waals surface area contributed by atoms with Crippen LogP contribution in [0, 0.1) is 12.3 Å². The molecule has 0 bridgehead atoms. The molecule has 1 N–H and O–H groups in total. The first-order chi connectivity index (χ1) is 5.45. The van der Waals surface area contributed by atoms with Gasteiger partial charge in [0.25, 0.3) is 0 Å². The topological polar surface area (TPSA) is 29.1 Å². The SMILES string of the molecule is C#CCNC(=O)CCC(F)(F)F. The maximum absolute atomic E-state index is 11.5. The van der Waals surface area contributed by atoms with E-state index in [0.717, 1.165) is 0 Å². The summed E-state index contributed by atoms with van der Waals surface area (Å²) in [7, 11) is 0. The lowest BCUT2D eigenvalue weighted by Gasteiger charge is -2.04. The van der Waals surface area contributed by atoms with Gasteiger partial charge >= 0.3 is 6.18 Å². The van der Waals surface area contributed by atoms with Crippen molar-refractivity contribution in [3.05, 3.63) is 0 Å². The molecule has 0 atom stereocenters. The monoisotopic (exact) mass is 179 g/mol. The average molecular weight is 179 g/mol. The zero-order chi connectivity index (χ0) is 9.61. The van der Waals surface area contributed by atoms with Crippen LogP contribution in [0.1, 0.15) is 12.8 Å². The van der Waals surface area contributed by atoms with E-state index in [1.807, 2.05) is 0 Å². The summed E-state index contributed by atoms with van der Waals surface area (Å²) < 4.78 is 34.6. The van der Waals surface area contributed by atoms with Crippen LogP contribution in [0.15, 0.2) is 0 Å². The molecule has 0 saturated carbocycles. The van der Waals surface area contributed by atoms with Gasteiger partial charge in [-0.25, -0.2) is 0 Å². The lowest BCUT2D eigenvalue weighted by Crippen LogP contribution is -2.25. The number of hydrogen-bond donors (Lipinski definition) is 1. The highest BCUT2D eigenvalue weighted by atomic mass is 19.4. The van der Waals surface area contributed by atoms with Gasteiger partial charge in [0.2, 0.25) is 5.91 Å². The molecule has 0 aliphatic carbocycles. The van der Waals surface area contributed by atoms with Crippen molar-refractivity contribution in [2.45, 2.75) is 19.0 Å². The van der Waals surface area contributed by atoms with Crippen LogP contribution in [-0.2, 0) is 4.79 Å². The summed E-state index contributed by atoms with van der Waals surface area (Å²) in [6.45, 7) is -0.0311. The number of carbonyl (C=O) groups excluding carboxylic acids is 1. The molecule has 2 nitrogen and oxygen atoms in total. The molecular weight excluding hydrogens is 171 g/mol. The highest BCUT2D eigenvalue weighted by molar-refractivity contribution is 5.76. The molecule has 12 heavy (non-hydrogen) atoms. The molecule has 0 aliphatic rings. The van der Waals surface area contributed by atoms with E-state index in [4.69, 9.17) is 6.42 Å². The molecular formula is C7H8F3NO. The van der Waals surface area contributed by atoms with Crippen molar-refractivity contribution in [3.8, 4) is 12.3 Å². The zero-order valence-electron chi connectivity index (χ0n) is 6.24. The van der Waals surface area contributed by atoms with Crippen LogP contribution in [0.2, 0.25) is 0 Å². The number of amides is 1. The number of carbonyl (C=O) groups is 1. The Kier molecular flexibility index (Phi) is 4.19. The van der Waals surface area contributed by atoms with E-state index in [-0.39, 0.29) is 6.54 Å². The predicted octanol–water partition coefficient (Wildman–Crippen LogP) is 1.08. The number of alkyl halides is 3. The van der Waals surface area contributed by atoms with Crippen molar-refractivity contribution >= 4 is 5.91 Å². The van der Waals surface area contributed by atoms with Gasteiger partial charge < -0.3 is 5.32 Å². The van der Waals surface area contributed by atoms with E-state index in [2.05, 4.69) is 11.2 Å². The van der Waals surface area contributed by atoms with Gasteiger partial charge in [0, 0.05) is 6.42 Å². The quantitative estimate of drug-likeness (QED) is 0.645. The Morgan fingerprint density at radius 2 is 2.08 bits per heavy atom. The predicted molar refractivity (Wildman–Crippen MR) is 37.1 cm³/mol. The Labute approximate surface area is 68.1 Å². The van der Waals surface area contributed by atoms with Crippen molar-refractivity contribution in [1.82, 2.24) is 5.32 Å². The third kappa shape index (κ3) is 6.93. The largest absolute Gasteiger partial charge is 0.389 e. The van der Waals surface area contributed by atoms with Crippen molar-refractivity contribution in [3.63, 3.8) is 0 Å². The van der Waals surface area contributed by atoms with Crippen molar-refractivity contribution < 1.29 is 18.0 Å². The number of terminal acetylenes is 1. The van der Waals surface area contributed by atoms with Gasteiger partial charge in [0.1, 0.15) is 0 Å². The van der Waals surface area contributed by atoms with Crippen molar-refractivity contribution in [1.29, 1.82) is 0 Å². The Balaban J connectivity index is 3.53. The van der Waals surface area contributed by atoms with E-state index < -0.39 is 24.9 Å². The van der Waals surface area contributed by atoms with Crippen LogP contribution < -0.4 is 5.32 Å². The second kappa shape index (κ2) is 4.65. The molecule has 0 aliphatic heterocycles. The summed E-state index contributed by atoms with van der Waals surface area (Å²) in [5, 5.41) is 2.13. The highest BCUT2D eigenvalue weighted by Gasteiger charge is 2.27. The molecule has 0 fully saturated rings. The van der Waals surface area contributed by atoms with Crippen molar-refractivity contribution in [2.24, 2.45) is 0 Å². The number of rotatable bonds is 3. The van der Waals surface area contributed by atoms with Crippen LogP contribution in [0.25, 0.3) is 0 Å². The molecule has 0 aromatic heterocycles. The lowest BCUT2D eigenvalue weighted by atomic mass is 10.3. The smallest absolute Gasteiger partial charge is 0.345 e. The minimum absolute atomic E-state index is 0.0311. The van der Waals surface area contributed by atoms with Crippen LogP contribution in [0.5, 0.6) is 0 Å². The summed E-state index contributed by atoms with van der Waals surface area (Å²) in [5.74, 6) is 1.41. The molecule has 68 valence electrons. The van der Waals surface area contributed by atoms with Crippen molar-refractivity contribution in [2.75, 3.05) is 6.54 Å².